The average Bonchev–Trinajstić information content (AvgIpc) is 2.29. The number of hydrogen-bond acceptors (Lipinski definition) is 3. The lowest BCUT2D eigenvalue weighted by atomic mass is 10.2. The van der Waals surface area contributed by atoms with Gasteiger partial charge in [-0.1, -0.05) is 11.6 Å². The minimum atomic E-state index is -0.182. The number of hydrogen-bond donors (Lipinski definition) is 1. The Bertz CT molecular complexity index is 407. The van der Waals surface area contributed by atoms with Crippen LogP contribution in [0.25, 0.3) is 0 Å². The Labute approximate surface area is 106 Å². The average molecular weight is 258 g/mol. The molecular formula is C12H16ClNO3. The second-order valence-corrected chi connectivity index (χ2v) is 3.69. The molecular weight excluding hydrogens is 242 g/mol. The first-order valence-corrected chi connectivity index (χ1v) is 5.80. The summed E-state index contributed by atoms with van der Waals surface area (Å²) in [7, 11) is 1.51. The van der Waals surface area contributed by atoms with Gasteiger partial charge < -0.3 is 14.8 Å². The number of methoxy groups -OCH3 is 1. The van der Waals surface area contributed by atoms with Crippen molar-refractivity contribution in [2.75, 3.05) is 20.3 Å². The minimum absolute atomic E-state index is 0.182. The summed E-state index contributed by atoms with van der Waals surface area (Å²) in [4.78, 5) is 11.7. The summed E-state index contributed by atoms with van der Waals surface area (Å²) in [6.07, 6.45) is 0. The van der Waals surface area contributed by atoms with E-state index in [0.29, 0.717) is 35.2 Å². The molecule has 0 aliphatic heterocycles. The van der Waals surface area contributed by atoms with E-state index < -0.39 is 0 Å². The van der Waals surface area contributed by atoms with Gasteiger partial charge in [0.05, 0.1) is 18.7 Å². The van der Waals surface area contributed by atoms with Crippen molar-refractivity contribution < 1.29 is 14.3 Å². The summed E-state index contributed by atoms with van der Waals surface area (Å²) in [5.74, 6) is 0.739. The van der Waals surface area contributed by atoms with Crippen molar-refractivity contribution in [3.05, 3.63) is 22.7 Å². The Morgan fingerprint density at radius 2 is 2.12 bits per heavy atom. The molecule has 0 atom stereocenters. The van der Waals surface area contributed by atoms with Crippen molar-refractivity contribution in [3.63, 3.8) is 0 Å². The maximum absolute atomic E-state index is 11.7. The number of carbonyl (C=O) groups excluding carboxylic acids is 1. The van der Waals surface area contributed by atoms with E-state index in [9.17, 15) is 4.79 Å². The van der Waals surface area contributed by atoms with Crippen molar-refractivity contribution in [3.8, 4) is 11.5 Å². The normalized spacial score (nSPS) is 9.88. The lowest BCUT2D eigenvalue weighted by Gasteiger charge is -2.12. The molecule has 1 rings (SSSR count). The van der Waals surface area contributed by atoms with Gasteiger partial charge in [-0.15, -0.1) is 0 Å². The Hall–Kier alpha value is -1.42. The molecule has 4 nitrogen and oxygen atoms in total. The third kappa shape index (κ3) is 3.27. The molecule has 0 aliphatic carbocycles. The van der Waals surface area contributed by atoms with Crippen molar-refractivity contribution in [1.29, 1.82) is 0 Å². The molecule has 1 aromatic rings. The van der Waals surface area contributed by atoms with Gasteiger partial charge in [0, 0.05) is 12.1 Å². The predicted molar refractivity (Wildman–Crippen MR) is 67.2 cm³/mol. The van der Waals surface area contributed by atoms with Gasteiger partial charge in [-0.25, -0.2) is 0 Å². The fourth-order valence-corrected chi connectivity index (χ4v) is 1.71. The lowest BCUT2D eigenvalue weighted by Crippen LogP contribution is -2.22. The Morgan fingerprint density at radius 3 is 2.65 bits per heavy atom. The molecule has 0 aromatic heterocycles. The zero-order valence-corrected chi connectivity index (χ0v) is 10.9. The Balaban J connectivity index is 3.14. The number of rotatable bonds is 5. The van der Waals surface area contributed by atoms with Gasteiger partial charge in [0.15, 0.2) is 11.5 Å². The van der Waals surface area contributed by atoms with E-state index in [1.807, 2.05) is 13.8 Å². The third-order valence-electron chi connectivity index (χ3n) is 2.11. The van der Waals surface area contributed by atoms with Crippen LogP contribution in [0.4, 0.5) is 0 Å². The quantitative estimate of drug-likeness (QED) is 0.882. The van der Waals surface area contributed by atoms with Crippen LogP contribution in [-0.4, -0.2) is 26.2 Å². The van der Waals surface area contributed by atoms with E-state index in [1.165, 1.54) is 7.11 Å². The van der Waals surface area contributed by atoms with Crippen LogP contribution in [0.15, 0.2) is 12.1 Å². The maximum Gasteiger partial charge on any atom is 0.251 e. The molecule has 0 heterocycles. The van der Waals surface area contributed by atoms with Gasteiger partial charge in [-0.3, -0.25) is 4.79 Å². The largest absolute Gasteiger partial charge is 0.491 e. The molecule has 0 saturated heterocycles. The van der Waals surface area contributed by atoms with Gasteiger partial charge in [0.1, 0.15) is 0 Å². The smallest absolute Gasteiger partial charge is 0.251 e. The molecule has 0 radical (unpaired) electrons. The van der Waals surface area contributed by atoms with Crippen molar-refractivity contribution in [1.82, 2.24) is 5.32 Å². The van der Waals surface area contributed by atoms with Crippen molar-refractivity contribution in [2.24, 2.45) is 0 Å². The molecule has 0 unspecified atom stereocenters. The predicted octanol–water partition coefficient (Wildman–Crippen LogP) is 2.50. The van der Waals surface area contributed by atoms with Crippen LogP contribution < -0.4 is 14.8 Å². The molecule has 1 N–H and O–H groups in total. The molecule has 5 heteroatoms. The van der Waals surface area contributed by atoms with Crippen LogP contribution in [-0.2, 0) is 0 Å². The molecule has 0 fully saturated rings. The topological polar surface area (TPSA) is 47.6 Å². The fraction of sp³-hybridized carbons (Fsp3) is 0.417. The van der Waals surface area contributed by atoms with Crippen LogP contribution in [0.5, 0.6) is 11.5 Å². The molecule has 17 heavy (non-hydrogen) atoms. The summed E-state index contributed by atoms with van der Waals surface area (Å²) >= 11 is 6.03. The van der Waals surface area contributed by atoms with Crippen molar-refractivity contribution >= 4 is 17.5 Å². The van der Waals surface area contributed by atoms with Crippen LogP contribution in [0.1, 0.15) is 24.2 Å². The van der Waals surface area contributed by atoms with Crippen LogP contribution in [0.3, 0.4) is 0 Å². The minimum Gasteiger partial charge on any atom is -0.491 e. The first-order valence-electron chi connectivity index (χ1n) is 5.42. The molecule has 0 saturated carbocycles. The number of benzene rings is 1. The lowest BCUT2D eigenvalue weighted by molar-refractivity contribution is 0.0955. The molecule has 0 bridgehead atoms. The summed E-state index contributed by atoms with van der Waals surface area (Å²) < 4.78 is 10.5. The summed E-state index contributed by atoms with van der Waals surface area (Å²) in [5, 5.41) is 3.06. The third-order valence-corrected chi connectivity index (χ3v) is 2.39. The zero-order valence-electron chi connectivity index (χ0n) is 10.2. The van der Waals surface area contributed by atoms with E-state index in [0.717, 1.165) is 0 Å². The number of nitrogens with one attached hydrogen (secondary N) is 1. The SMILES string of the molecule is CCNC(=O)c1cc(Cl)c(OC)c(OCC)c1. The van der Waals surface area contributed by atoms with Gasteiger partial charge >= 0.3 is 0 Å². The number of ether oxygens (including phenoxy) is 2. The van der Waals surface area contributed by atoms with E-state index in [1.54, 1.807) is 12.1 Å². The monoisotopic (exact) mass is 257 g/mol. The number of halogens is 1. The maximum atomic E-state index is 11.7. The van der Waals surface area contributed by atoms with Crippen LogP contribution >= 0.6 is 11.6 Å². The van der Waals surface area contributed by atoms with Gasteiger partial charge in [0.25, 0.3) is 5.91 Å². The van der Waals surface area contributed by atoms with E-state index in [2.05, 4.69) is 5.32 Å². The number of amides is 1. The van der Waals surface area contributed by atoms with Crippen LogP contribution in [0, 0.1) is 0 Å². The first-order chi connectivity index (χ1) is 8.13. The highest BCUT2D eigenvalue weighted by Gasteiger charge is 2.14. The van der Waals surface area contributed by atoms with E-state index in [-0.39, 0.29) is 5.91 Å². The molecule has 94 valence electrons. The van der Waals surface area contributed by atoms with Gasteiger partial charge in [-0.05, 0) is 26.0 Å². The standard InChI is InChI=1S/C12H16ClNO3/c1-4-14-12(15)8-6-9(13)11(16-3)10(7-8)17-5-2/h6-7H,4-5H2,1-3H3,(H,14,15). The molecule has 0 spiro atoms. The van der Waals surface area contributed by atoms with E-state index >= 15 is 0 Å². The number of carbonyl (C=O) groups is 1. The Morgan fingerprint density at radius 1 is 1.41 bits per heavy atom. The second-order valence-electron chi connectivity index (χ2n) is 3.28. The summed E-state index contributed by atoms with van der Waals surface area (Å²) in [6, 6.07) is 3.19. The summed E-state index contributed by atoms with van der Waals surface area (Å²) in [6.45, 7) is 4.75. The first kappa shape index (κ1) is 13.6. The van der Waals surface area contributed by atoms with Crippen molar-refractivity contribution in [2.45, 2.75) is 13.8 Å². The Kier molecular flexibility index (Phi) is 5.10. The highest BCUT2D eigenvalue weighted by atomic mass is 35.5. The van der Waals surface area contributed by atoms with E-state index in [4.69, 9.17) is 21.1 Å². The molecule has 1 aromatic carbocycles. The van der Waals surface area contributed by atoms with Crippen LogP contribution in [0.2, 0.25) is 5.02 Å². The highest BCUT2D eigenvalue weighted by Crippen LogP contribution is 2.36. The molecule has 0 aliphatic rings. The second kappa shape index (κ2) is 6.35. The van der Waals surface area contributed by atoms with Gasteiger partial charge in [0.2, 0.25) is 0 Å². The zero-order chi connectivity index (χ0) is 12.8. The fourth-order valence-electron chi connectivity index (χ4n) is 1.42. The molecule has 1 amide bonds. The summed E-state index contributed by atoms with van der Waals surface area (Å²) in [5.41, 5.74) is 0.459. The van der Waals surface area contributed by atoms with Gasteiger partial charge in [-0.2, -0.15) is 0 Å². The highest BCUT2D eigenvalue weighted by molar-refractivity contribution is 6.32.